The molecule has 0 amide bonds. The van der Waals surface area contributed by atoms with Crippen molar-refractivity contribution in [2.24, 2.45) is 11.8 Å². The van der Waals surface area contributed by atoms with Crippen molar-refractivity contribution in [1.82, 2.24) is 0 Å². The van der Waals surface area contributed by atoms with Gasteiger partial charge in [-0.15, -0.1) is 0 Å². The molecule has 1 aromatic carbocycles. The summed E-state index contributed by atoms with van der Waals surface area (Å²) >= 11 is 0. The summed E-state index contributed by atoms with van der Waals surface area (Å²) in [5.41, 5.74) is 1.72. The largest absolute Gasteiger partial charge is 0.515 e. The molecule has 1 aliphatic heterocycles. The Labute approximate surface area is 176 Å². The first-order valence-corrected chi connectivity index (χ1v) is 9.90. The van der Waals surface area contributed by atoms with Crippen molar-refractivity contribution < 1.29 is 34.0 Å². The Morgan fingerprint density at radius 1 is 1.27 bits per heavy atom. The van der Waals surface area contributed by atoms with Crippen LogP contribution < -0.4 is 9.47 Å². The topological polar surface area (TPSA) is 94.5 Å². The Bertz CT molecular complexity index is 924. The van der Waals surface area contributed by atoms with Gasteiger partial charge in [0.15, 0.2) is 11.5 Å². The summed E-state index contributed by atoms with van der Waals surface area (Å²) in [6, 6.07) is 3.30. The number of methoxy groups -OCH3 is 2. The van der Waals surface area contributed by atoms with Crippen LogP contribution in [0, 0.1) is 11.8 Å². The molecule has 0 aromatic heterocycles. The fourth-order valence-electron chi connectivity index (χ4n) is 3.80. The van der Waals surface area contributed by atoms with Gasteiger partial charge in [-0.1, -0.05) is 20.8 Å². The molecule has 0 saturated carbocycles. The van der Waals surface area contributed by atoms with E-state index in [1.54, 1.807) is 12.1 Å². The Morgan fingerprint density at radius 2 is 2.00 bits per heavy atom. The van der Waals surface area contributed by atoms with Gasteiger partial charge in [-0.25, -0.2) is 4.79 Å². The number of rotatable bonds is 5. The summed E-state index contributed by atoms with van der Waals surface area (Å²) in [7, 11) is 2.96. The zero-order valence-corrected chi connectivity index (χ0v) is 17.9. The van der Waals surface area contributed by atoms with Crippen LogP contribution in [0.25, 0.3) is 0 Å². The summed E-state index contributed by atoms with van der Waals surface area (Å²) in [6.45, 7) is 5.80. The number of aliphatic hydroxyl groups is 2. The lowest BCUT2D eigenvalue weighted by molar-refractivity contribution is 0.0519. The number of benzene rings is 1. The molecule has 1 aromatic rings. The third-order valence-electron chi connectivity index (χ3n) is 5.27. The lowest BCUT2D eigenvalue weighted by Gasteiger charge is -2.29. The van der Waals surface area contributed by atoms with Gasteiger partial charge in [0.2, 0.25) is 0 Å². The maximum Gasteiger partial charge on any atom is 0.346 e. The number of hydrogen-bond acceptors (Lipinski definition) is 7. The van der Waals surface area contributed by atoms with Crippen molar-refractivity contribution in [2.45, 2.75) is 33.3 Å². The minimum absolute atomic E-state index is 0.104. The molecule has 30 heavy (non-hydrogen) atoms. The van der Waals surface area contributed by atoms with Crippen LogP contribution in [0.3, 0.4) is 0 Å². The van der Waals surface area contributed by atoms with Crippen LogP contribution >= 0.6 is 0 Å². The second-order valence-electron chi connectivity index (χ2n) is 7.80. The molecule has 0 bridgehead atoms. The maximum atomic E-state index is 12.9. The predicted molar refractivity (Wildman–Crippen MR) is 110 cm³/mol. The van der Waals surface area contributed by atoms with Gasteiger partial charge < -0.3 is 29.2 Å². The quantitative estimate of drug-likeness (QED) is 0.549. The molecule has 2 N–H and O–H groups in total. The van der Waals surface area contributed by atoms with Crippen LogP contribution in [-0.2, 0) is 9.47 Å². The molecule has 1 heterocycles. The number of hydrogen-bond donors (Lipinski definition) is 2. The fraction of sp³-hybridized carbons (Fsp3) is 0.435. The van der Waals surface area contributed by atoms with Crippen molar-refractivity contribution in [3.63, 3.8) is 0 Å². The highest BCUT2D eigenvalue weighted by molar-refractivity contribution is 5.96. The smallest absolute Gasteiger partial charge is 0.346 e. The fourth-order valence-corrected chi connectivity index (χ4v) is 3.80. The maximum absolute atomic E-state index is 12.9. The van der Waals surface area contributed by atoms with E-state index in [-0.39, 0.29) is 35.5 Å². The molecule has 3 rings (SSSR count). The van der Waals surface area contributed by atoms with Gasteiger partial charge in [0, 0.05) is 22.6 Å². The first kappa shape index (κ1) is 21.8. The summed E-state index contributed by atoms with van der Waals surface area (Å²) in [5.74, 6) is 0.763. The number of carbonyl (C=O) groups excluding carboxylic acids is 1. The van der Waals surface area contributed by atoms with Crippen molar-refractivity contribution in [2.75, 3.05) is 20.8 Å². The molecule has 0 spiro atoms. The second kappa shape index (κ2) is 8.83. The average Bonchev–Trinajstić information content (AvgIpc) is 2.70. The van der Waals surface area contributed by atoms with Crippen molar-refractivity contribution >= 4 is 5.97 Å². The highest BCUT2D eigenvalue weighted by Crippen LogP contribution is 2.42. The minimum atomic E-state index is -0.799. The highest BCUT2D eigenvalue weighted by atomic mass is 16.6. The molecular formula is C23H28O7. The van der Waals surface area contributed by atoms with E-state index < -0.39 is 12.1 Å². The van der Waals surface area contributed by atoms with Gasteiger partial charge in [-0.2, -0.15) is 0 Å². The van der Waals surface area contributed by atoms with Gasteiger partial charge >= 0.3 is 5.97 Å². The number of esters is 1. The second-order valence-corrected chi connectivity index (χ2v) is 7.80. The van der Waals surface area contributed by atoms with Crippen molar-refractivity contribution in [3.05, 3.63) is 58.3 Å². The van der Waals surface area contributed by atoms with Gasteiger partial charge in [0.1, 0.15) is 23.7 Å². The molecular weight excluding hydrogens is 388 g/mol. The zero-order chi connectivity index (χ0) is 22.0. The highest BCUT2D eigenvalue weighted by Gasteiger charge is 2.34. The Hall–Kier alpha value is -2.93. The molecule has 0 fully saturated rings. The molecule has 0 saturated heterocycles. The molecule has 2 atom stereocenters. The van der Waals surface area contributed by atoms with Crippen LogP contribution in [0.5, 0.6) is 11.5 Å². The SMILES string of the molecule is COC1=CC(C)C(=CO)C2=C1Oc1ccc(C(O)CC(C)C)c(OC)c1C(=O)OC2. The standard InChI is InChI=1S/C23H28O7/c1-12(2)8-17(25)14-6-7-18-20(22(14)28-5)23(26)29-11-16-15(10-24)13(3)9-19(27-4)21(16)30-18/h6-7,9-10,12-13,17,24-25H,8,11H2,1-5H3. The minimum Gasteiger partial charge on any atom is -0.515 e. The van der Waals surface area contributed by atoms with E-state index in [1.807, 2.05) is 26.8 Å². The predicted octanol–water partition coefficient (Wildman–Crippen LogP) is 4.20. The monoisotopic (exact) mass is 416 g/mol. The van der Waals surface area contributed by atoms with E-state index >= 15 is 0 Å². The van der Waals surface area contributed by atoms with Crippen LogP contribution in [0.1, 0.15) is 49.2 Å². The van der Waals surface area contributed by atoms with Gasteiger partial charge in [-0.3, -0.25) is 0 Å². The van der Waals surface area contributed by atoms with Gasteiger partial charge in [0.25, 0.3) is 0 Å². The van der Waals surface area contributed by atoms with Gasteiger partial charge in [-0.05, 0) is 30.5 Å². The summed E-state index contributed by atoms with van der Waals surface area (Å²) in [4.78, 5) is 12.9. The molecule has 2 unspecified atom stereocenters. The Morgan fingerprint density at radius 3 is 2.60 bits per heavy atom. The number of cyclic esters (lactones) is 1. The first-order valence-electron chi connectivity index (χ1n) is 9.90. The van der Waals surface area contributed by atoms with Crippen molar-refractivity contribution in [1.29, 1.82) is 0 Å². The average molecular weight is 416 g/mol. The molecule has 7 heteroatoms. The Kier molecular flexibility index (Phi) is 6.41. The summed E-state index contributed by atoms with van der Waals surface area (Å²) in [6.07, 6.45) is 2.53. The molecule has 7 nitrogen and oxygen atoms in total. The van der Waals surface area contributed by atoms with E-state index in [4.69, 9.17) is 18.9 Å². The van der Waals surface area contributed by atoms with Crippen molar-refractivity contribution in [3.8, 4) is 11.5 Å². The summed E-state index contributed by atoms with van der Waals surface area (Å²) in [5, 5.41) is 20.4. The van der Waals surface area contributed by atoms with E-state index in [2.05, 4.69) is 0 Å². The number of ether oxygens (including phenoxy) is 4. The Balaban J connectivity index is 2.15. The van der Waals surface area contributed by atoms with Crippen LogP contribution in [0.15, 0.2) is 47.1 Å². The number of aliphatic hydroxyl groups excluding tert-OH is 2. The van der Waals surface area contributed by atoms with E-state index in [1.165, 1.54) is 14.2 Å². The third kappa shape index (κ3) is 3.89. The van der Waals surface area contributed by atoms with Crippen LogP contribution in [0.4, 0.5) is 0 Å². The van der Waals surface area contributed by atoms with E-state index in [9.17, 15) is 15.0 Å². The lowest BCUT2D eigenvalue weighted by atomic mass is 9.88. The van der Waals surface area contributed by atoms with E-state index in [0.29, 0.717) is 34.6 Å². The lowest BCUT2D eigenvalue weighted by Crippen LogP contribution is -2.24. The molecule has 2 aliphatic rings. The number of fused-ring (bicyclic) bond motifs is 1. The molecule has 162 valence electrons. The van der Waals surface area contributed by atoms with Crippen LogP contribution in [0.2, 0.25) is 0 Å². The number of carbonyl (C=O) groups is 1. The normalized spacial score (nSPS) is 21.0. The van der Waals surface area contributed by atoms with Crippen LogP contribution in [-0.4, -0.2) is 37.0 Å². The third-order valence-corrected chi connectivity index (χ3v) is 5.27. The number of allylic oxidation sites excluding steroid dienone is 1. The molecule has 0 radical (unpaired) electrons. The summed E-state index contributed by atoms with van der Waals surface area (Å²) < 4.78 is 22.7. The first-order chi connectivity index (χ1) is 14.3. The van der Waals surface area contributed by atoms with Gasteiger partial charge in [0.05, 0.1) is 26.6 Å². The molecule has 1 aliphatic carbocycles. The van der Waals surface area contributed by atoms with E-state index in [0.717, 1.165) is 6.26 Å². The zero-order valence-electron chi connectivity index (χ0n) is 17.9.